The minimum absolute atomic E-state index is 0.217. The van der Waals surface area contributed by atoms with Gasteiger partial charge in [0.2, 0.25) is 0 Å². The van der Waals surface area contributed by atoms with E-state index in [1.807, 2.05) is 6.92 Å². The van der Waals surface area contributed by atoms with Gasteiger partial charge >= 0.3 is 11.9 Å². The van der Waals surface area contributed by atoms with E-state index in [1.54, 1.807) is 0 Å². The highest BCUT2D eigenvalue weighted by molar-refractivity contribution is 5.91. The van der Waals surface area contributed by atoms with Crippen molar-refractivity contribution in [2.75, 3.05) is 6.61 Å². The maximum Gasteiger partial charge on any atom is 0.334 e. The van der Waals surface area contributed by atoms with Gasteiger partial charge in [0.1, 0.15) is 6.10 Å². The summed E-state index contributed by atoms with van der Waals surface area (Å²) in [4.78, 5) is 23.5. The average molecular weight is 276 g/mol. The van der Waals surface area contributed by atoms with E-state index in [2.05, 4.69) is 19.1 Å². The van der Waals surface area contributed by atoms with Crippen molar-refractivity contribution >= 4 is 11.9 Å². The Balaban J connectivity index is 1.95. The van der Waals surface area contributed by atoms with E-state index in [-0.39, 0.29) is 23.5 Å². The van der Waals surface area contributed by atoms with Crippen LogP contribution >= 0.6 is 0 Å². The van der Waals surface area contributed by atoms with Crippen LogP contribution in [0.2, 0.25) is 0 Å². The van der Waals surface area contributed by atoms with E-state index >= 15 is 0 Å². The first-order valence-electron chi connectivity index (χ1n) is 7.24. The van der Waals surface area contributed by atoms with Crippen molar-refractivity contribution in [2.45, 2.75) is 39.7 Å². The van der Waals surface area contributed by atoms with Gasteiger partial charge in [0.25, 0.3) is 0 Å². The normalized spacial score (nSPS) is 37.2. The third kappa shape index (κ3) is 1.60. The lowest BCUT2D eigenvalue weighted by Gasteiger charge is -2.52. The van der Waals surface area contributed by atoms with Crippen LogP contribution in [0.25, 0.3) is 0 Å². The predicted octanol–water partition coefficient (Wildman–Crippen LogP) is 2.39. The number of rotatable bonds is 3. The van der Waals surface area contributed by atoms with Crippen molar-refractivity contribution < 1.29 is 19.1 Å². The lowest BCUT2D eigenvalue weighted by atomic mass is 9.52. The maximum atomic E-state index is 12.2. The fourth-order valence-corrected chi connectivity index (χ4v) is 4.27. The molecule has 3 aliphatic carbocycles. The summed E-state index contributed by atoms with van der Waals surface area (Å²) in [5.74, 6) is 0.258. The van der Waals surface area contributed by atoms with E-state index in [4.69, 9.17) is 9.47 Å². The Labute approximate surface area is 118 Å². The van der Waals surface area contributed by atoms with E-state index in [0.29, 0.717) is 24.9 Å². The smallest absolute Gasteiger partial charge is 0.334 e. The molecule has 0 aromatic rings. The number of carbonyl (C=O) groups is 2. The van der Waals surface area contributed by atoms with Crippen molar-refractivity contribution in [1.82, 2.24) is 0 Å². The molecule has 4 heteroatoms. The quantitative estimate of drug-likeness (QED) is 0.586. The summed E-state index contributed by atoms with van der Waals surface area (Å²) in [6.45, 7) is 5.71. The lowest BCUT2D eigenvalue weighted by molar-refractivity contribution is -0.155. The van der Waals surface area contributed by atoms with Gasteiger partial charge in [-0.2, -0.15) is 0 Å². The van der Waals surface area contributed by atoms with Gasteiger partial charge in [0, 0.05) is 24.3 Å². The van der Waals surface area contributed by atoms with E-state index in [9.17, 15) is 9.59 Å². The molecule has 0 amide bonds. The summed E-state index contributed by atoms with van der Waals surface area (Å²) in [5.41, 5.74) is 1.69. The molecule has 0 aliphatic heterocycles. The van der Waals surface area contributed by atoms with Gasteiger partial charge in [-0.3, -0.25) is 4.79 Å². The van der Waals surface area contributed by atoms with Crippen molar-refractivity contribution in [2.24, 2.45) is 17.3 Å². The van der Waals surface area contributed by atoms with Gasteiger partial charge in [0.15, 0.2) is 0 Å². The molecular weight excluding hydrogens is 256 g/mol. The number of ether oxygens (including phenoxy) is 2. The summed E-state index contributed by atoms with van der Waals surface area (Å²) in [5, 5.41) is 0. The van der Waals surface area contributed by atoms with Crippen LogP contribution in [-0.2, 0) is 19.1 Å². The topological polar surface area (TPSA) is 52.6 Å². The summed E-state index contributed by atoms with van der Waals surface area (Å²) < 4.78 is 10.7. The van der Waals surface area contributed by atoms with Gasteiger partial charge in [0.05, 0.1) is 6.61 Å². The molecule has 3 rings (SSSR count). The Bertz CT molecular complexity index is 531. The van der Waals surface area contributed by atoms with E-state index in [0.717, 1.165) is 17.6 Å². The average Bonchev–Trinajstić information content (AvgIpc) is 2.89. The van der Waals surface area contributed by atoms with E-state index < -0.39 is 0 Å². The van der Waals surface area contributed by atoms with Crippen LogP contribution in [0.4, 0.5) is 0 Å². The van der Waals surface area contributed by atoms with Crippen molar-refractivity contribution in [3.63, 3.8) is 0 Å². The SMILES string of the molecule is CCOC(=O)C1=C2[C@@H]3CC=C[C@@H]3[C@@]2(C)[C@H](OC(C)=O)C1. The number of hydrogen-bond acceptors (Lipinski definition) is 4. The van der Waals surface area contributed by atoms with Crippen LogP contribution < -0.4 is 0 Å². The molecule has 4 atom stereocenters. The fraction of sp³-hybridized carbons (Fsp3) is 0.625. The molecule has 0 bridgehead atoms. The first-order chi connectivity index (χ1) is 9.50. The largest absolute Gasteiger partial charge is 0.463 e. The van der Waals surface area contributed by atoms with Crippen LogP contribution in [0, 0.1) is 17.3 Å². The fourth-order valence-electron chi connectivity index (χ4n) is 4.27. The van der Waals surface area contributed by atoms with E-state index in [1.165, 1.54) is 6.92 Å². The zero-order chi connectivity index (χ0) is 14.5. The second-order valence-electron chi connectivity index (χ2n) is 5.99. The monoisotopic (exact) mass is 276 g/mol. The first kappa shape index (κ1) is 13.4. The maximum absolute atomic E-state index is 12.2. The van der Waals surface area contributed by atoms with Crippen molar-refractivity contribution in [1.29, 1.82) is 0 Å². The minimum atomic E-state index is -0.286. The number of esters is 2. The predicted molar refractivity (Wildman–Crippen MR) is 72.7 cm³/mol. The zero-order valence-electron chi connectivity index (χ0n) is 12.1. The van der Waals surface area contributed by atoms with Gasteiger partial charge in [-0.15, -0.1) is 0 Å². The molecule has 0 spiro atoms. The third-order valence-electron chi connectivity index (χ3n) is 5.02. The lowest BCUT2D eigenvalue weighted by Crippen LogP contribution is -2.51. The van der Waals surface area contributed by atoms with Gasteiger partial charge in [-0.05, 0) is 30.8 Å². The Morgan fingerprint density at radius 2 is 2.20 bits per heavy atom. The molecule has 3 aliphatic rings. The molecule has 1 fully saturated rings. The highest BCUT2D eigenvalue weighted by atomic mass is 16.5. The van der Waals surface area contributed by atoms with Crippen LogP contribution in [0.15, 0.2) is 23.3 Å². The minimum Gasteiger partial charge on any atom is -0.463 e. The molecule has 4 nitrogen and oxygen atoms in total. The molecule has 0 saturated heterocycles. The summed E-state index contributed by atoms with van der Waals surface area (Å²) in [6.07, 6.45) is 5.60. The second-order valence-corrected chi connectivity index (χ2v) is 5.99. The summed E-state index contributed by atoms with van der Waals surface area (Å²) in [7, 11) is 0. The molecule has 0 heterocycles. The zero-order valence-corrected chi connectivity index (χ0v) is 12.1. The van der Waals surface area contributed by atoms with Crippen LogP contribution in [-0.4, -0.2) is 24.6 Å². The Kier molecular flexibility index (Phi) is 3.00. The Hall–Kier alpha value is -1.58. The van der Waals surface area contributed by atoms with Crippen molar-refractivity contribution in [3.8, 4) is 0 Å². The number of hydrogen-bond donors (Lipinski definition) is 0. The Morgan fingerprint density at radius 1 is 1.45 bits per heavy atom. The molecular formula is C16H20O4. The highest BCUT2D eigenvalue weighted by Crippen LogP contribution is 2.67. The summed E-state index contributed by atoms with van der Waals surface area (Å²) in [6, 6.07) is 0. The van der Waals surface area contributed by atoms with Crippen molar-refractivity contribution in [3.05, 3.63) is 23.3 Å². The molecule has 0 N–H and O–H groups in total. The molecule has 0 radical (unpaired) electrons. The van der Waals surface area contributed by atoms with Gasteiger partial charge in [-0.1, -0.05) is 19.1 Å². The van der Waals surface area contributed by atoms with Crippen LogP contribution in [0.5, 0.6) is 0 Å². The second kappa shape index (κ2) is 4.47. The highest BCUT2D eigenvalue weighted by Gasteiger charge is 2.65. The molecule has 20 heavy (non-hydrogen) atoms. The third-order valence-corrected chi connectivity index (χ3v) is 5.02. The molecule has 0 aromatic carbocycles. The van der Waals surface area contributed by atoms with Gasteiger partial charge in [-0.25, -0.2) is 4.79 Å². The first-order valence-corrected chi connectivity index (χ1v) is 7.24. The Morgan fingerprint density at radius 3 is 2.85 bits per heavy atom. The molecule has 0 aromatic heterocycles. The summed E-state index contributed by atoms with van der Waals surface area (Å²) >= 11 is 0. The number of fused-ring (bicyclic) bond motifs is 4. The van der Waals surface area contributed by atoms with Crippen LogP contribution in [0.3, 0.4) is 0 Å². The molecule has 0 unspecified atom stereocenters. The molecule has 1 saturated carbocycles. The number of carbonyl (C=O) groups excluding carboxylic acids is 2. The van der Waals surface area contributed by atoms with Gasteiger partial charge < -0.3 is 9.47 Å². The standard InChI is InChI=1S/C16H20O4/c1-4-19-15(18)11-8-13(20-9(2)17)16(3)12-7-5-6-10(12)14(11)16/h5,7,10,12-13H,4,6,8H2,1-3H3/t10-,12+,13-,16+/m1/s1. The number of allylic oxidation sites excluding steroid dienone is 2. The molecule has 108 valence electrons. The van der Waals surface area contributed by atoms with Crippen LogP contribution in [0.1, 0.15) is 33.6 Å².